The first-order valence-corrected chi connectivity index (χ1v) is 5.37. The summed E-state index contributed by atoms with van der Waals surface area (Å²) in [5.41, 5.74) is 0. The summed E-state index contributed by atoms with van der Waals surface area (Å²) >= 11 is 0. The van der Waals surface area contributed by atoms with Gasteiger partial charge in [-0.25, -0.2) is 0 Å². The van der Waals surface area contributed by atoms with Crippen LogP contribution in [-0.2, 0) is 0 Å². The molecule has 0 rings (SSSR count). The predicted octanol–water partition coefficient (Wildman–Crippen LogP) is -11.0. The van der Waals surface area contributed by atoms with E-state index in [1.807, 2.05) is 0 Å². The first kappa shape index (κ1) is 23.7. The molecule has 0 unspecified atom stereocenters. The molecule has 0 aromatic carbocycles. The second-order valence-corrected chi connectivity index (χ2v) is 3.60. The van der Waals surface area contributed by atoms with Crippen molar-refractivity contribution in [2.75, 3.05) is 0 Å². The van der Waals surface area contributed by atoms with Crippen molar-refractivity contribution in [3.63, 3.8) is 0 Å². The summed E-state index contributed by atoms with van der Waals surface area (Å²) in [5.74, 6) is 0. The van der Waals surface area contributed by atoms with Gasteiger partial charge in [0.2, 0.25) is 0 Å². The molecule has 12 heteroatoms. The van der Waals surface area contributed by atoms with Gasteiger partial charge in [-0.1, -0.05) is 0 Å². The summed E-state index contributed by atoms with van der Waals surface area (Å²) in [7, 11) is -9.22. The van der Waals surface area contributed by atoms with Crippen LogP contribution in [0.1, 0.15) is 2.85 Å². The molecule has 0 aromatic rings. The first-order chi connectivity index (χ1) is 4.00. The van der Waals surface area contributed by atoms with Gasteiger partial charge in [-0.2, -0.15) is 0 Å². The van der Waals surface area contributed by atoms with E-state index < -0.39 is 18.1 Å². The van der Waals surface area contributed by atoms with Crippen LogP contribution in [0.15, 0.2) is 0 Å². The monoisotopic (exact) mass is 240 g/mol. The van der Waals surface area contributed by atoms with Crippen molar-refractivity contribution < 1.29 is 100 Å². The fourth-order valence-electron chi connectivity index (χ4n) is 0. The van der Waals surface area contributed by atoms with Gasteiger partial charge in [-0.15, -0.1) is 0 Å². The molecule has 0 aliphatic carbocycles. The van der Waals surface area contributed by atoms with Crippen molar-refractivity contribution in [1.29, 1.82) is 0 Å². The minimum atomic E-state index is -4.61. The molecule has 0 fully saturated rings. The number of hydrogen-bond acceptors (Lipinski definition) is 8. The van der Waals surface area contributed by atoms with E-state index in [-0.39, 0.29) is 62.0 Å². The van der Waals surface area contributed by atoms with Crippen LogP contribution in [0.4, 0.5) is 0 Å². The normalized spacial score (nSPS) is 10.0. The SMILES string of the molecule is O[Si](O)(O)O.O[Si](O)(O)O.[H-].[H-].[Na+].[Na+]. The molecule has 0 amide bonds. The number of hydrogen-bond donors (Lipinski definition) is 8. The molecular weight excluding hydrogens is 230 g/mol. The summed E-state index contributed by atoms with van der Waals surface area (Å²) in [6, 6.07) is 0. The molecule has 8 nitrogen and oxygen atoms in total. The Kier molecular flexibility index (Phi) is 19.1. The molecule has 0 bridgehead atoms. The van der Waals surface area contributed by atoms with E-state index >= 15 is 0 Å². The van der Waals surface area contributed by atoms with Gasteiger partial charge in [0.15, 0.2) is 0 Å². The van der Waals surface area contributed by atoms with Gasteiger partial charge in [0.25, 0.3) is 0 Å². The summed E-state index contributed by atoms with van der Waals surface area (Å²) in [4.78, 5) is 58.6. The van der Waals surface area contributed by atoms with Crippen LogP contribution in [0.5, 0.6) is 0 Å². The van der Waals surface area contributed by atoms with Crippen molar-refractivity contribution >= 4 is 18.1 Å². The fourth-order valence-corrected chi connectivity index (χ4v) is 0. The van der Waals surface area contributed by atoms with E-state index in [2.05, 4.69) is 0 Å². The van der Waals surface area contributed by atoms with Gasteiger partial charge in [-0.05, 0) is 0 Å². The minimum Gasteiger partial charge on any atom is -1.00 e. The molecule has 68 valence electrons. The Morgan fingerprint density at radius 3 is 0.500 bits per heavy atom. The zero-order valence-corrected chi connectivity index (χ0v) is 12.6. The number of rotatable bonds is 0. The van der Waals surface area contributed by atoms with Gasteiger partial charge >= 0.3 is 77.2 Å². The van der Waals surface area contributed by atoms with E-state index in [4.69, 9.17) is 38.4 Å². The molecule has 12 heavy (non-hydrogen) atoms. The van der Waals surface area contributed by atoms with E-state index in [1.54, 1.807) is 0 Å². The molecule has 0 saturated carbocycles. The van der Waals surface area contributed by atoms with E-state index in [0.29, 0.717) is 0 Å². The molecule has 0 atom stereocenters. The van der Waals surface area contributed by atoms with E-state index in [0.717, 1.165) is 0 Å². The third-order valence-corrected chi connectivity index (χ3v) is 0. The average Bonchev–Trinajstić information content (AvgIpc) is 1.12. The molecule has 8 N–H and O–H groups in total. The molecule has 0 radical (unpaired) electrons. The van der Waals surface area contributed by atoms with Crippen molar-refractivity contribution in [3.05, 3.63) is 0 Å². The van der Waals surface area contributed by atoms with Crippen molar-refractivity contribution in [2.45, 2.75) is 0 Å². The largest absolute Gasteiger partial charge is 1.00 e. The maximum Gasteiger partial charge on any atom is 1.00 e. The summed E-state index contributed by atoms with van der Waals surface area (Å²) < 4.78 is 0. The zero-order valence-electron chi connectivity index (χ0n) is 8.58. The second kappa shape index (κ2) is 9.66. The Morgan fingerprint density at radius 2 is 0.500 bits per heavy atom. The van der Waals surface area contributed by atoms with Crippen LogP contribution in [-0.4, -0.2) is 56.5 Å². The van der Waals surface area contributed by atoms with E-state index in [9.17, 15) is 0 Å². The maximum absolute atomic E-state index is 7.33. The first-order valence-electron chi connectivity index (χ1n) is 1.79. The van der Waals surface area contributed by atoms with E-state index in [1.165, 1.54) is 0 Å². The molecule has 0 saturated heterocycles. The van der Waals surface area contributed by atoms with Crippen LogP contribution in [0, 0.1) is 0 Å². The quantitative estimate of drug-likeness (QED) is 0.193. The Hall–Kier alpha value is 2.11. The van der Waals surface area contributed by atoms with Gasteiger partial charge in [0.1, 0.15) is 0 Å². The van der Waals surface area contributed by atoms with Gasteiger partial charge < -0.3 is 41.2 Å². The zero-order chi connectivity index (χ0) is 9.00. The van der Waals surface area contributed by atoms with Crippen LogP contribution in [0.3, 0.4) is 0 Å². The molecule has 0 heterocycles. The summed E-state index contributed by atoms with van der Waals surface area (Å²) in [5, 5.41) is 0. The van der Waals surface area contributed by atoms with Crippen LogP contribution >= 0.6 is 0 Å². The molecule has 0 aromatic heterocycles. The van der Waals surface area contributed by atoms with Gasteiger partial charge in [-0.3, -0.25) is 0 Å². The maximum atomic E-state index is 7.33. The van der Waals surface area contributed by atoms with Crippen molar-refractivity contribution in [1.82, 2.24) is 0 Å². The Bertz CT molecular complexity index is 66.3. The summed E-state index contributed by atoms with van der Waals surface area (Å²) in [6.07, 6.45) is 0. The van der Waals surface area contributed by atoms with Crippen LogP contribution in [0.2, 0.25) is 0 Å². The molecule has 0 aliphatic heterocycles. The van der Waals surface area contributed by atoms with Crippen molar-refractivity contribution in [3.8, 4) is 0 Å². The topological polar surface area (TPSA) is 162 Å². The summed E-state index contributed by atoms with van der Waals surface area (Å²) in [6.45, 7) is 0. The van der Waals surface area contributed by atoms with Gasteiger partial charge in [0, 0.05) is 0 Å². The minimum absolute atomic E-state index is 0. The Labute approximate surface area is 117 Å². The van der Waals surface area contributed by atoms with Crippen LogP contribution in [0.25, 0.3) is 0 Å². The molecule has 0 aliphatic rings. The standard InChI is InChI=1S/2Na.2H4O4Si.2H/c;;2*1-5(2,3)4;;/h;;2*1-4H;;/q2*+1;;;2*-1. The Balaban J connectivity index is -0.0000000178. The van der Waals surface area contributed by atoms with Gasteiger partial charge in [0.05, 0.1) is 0 Å². The predicted molar refractivity (Wildman–Crippen MR) is 31.5 cm³/mol. The molecular formula is H10Na2O8Si2. The Morgan fingerprint density at radius 1 is 0.500 bits per heavy atom. The van der Waals surface area contributed by atoms with Crippen LogP contribution < -0.4 is 59.1 Å². The second-order valence-electron chi connectivity index (χ2n) is 1.20. The third kappa shape index (κ3) is 335. The average molecular weight is 240 g/mol. The smallest absolute Gasteiger partial charge is 1.00 e. The van der Waals surface area contributed by atoms with Crippen molar-refractivity contribution in [2.24, 2.45) is 0 Å². The fraction of sp³-hybridized carbons (Fsp3) is 0. The third-order valence-electron chi connectivity index (χ3n) is 0. The molecule has 0 spiro atoms.